The zero-order chi connectivity index (χ0) is 18.5. The molecule has 0 aliphatic carbocycles. The summed E-state index contributed by atoms with van der Waals surface area (Å²) in [7, 11) is 1.62. The topological polar surface area (TPSA) is 67.9 Å². The molecule has 0 fully saturated rings. The van der Waals surface area contributed by atoms with Crippen molar-refractivity contribution in [1.82, 2.24) is 9.55 Å². The highest BCUT2D eigenvalue weighted by molar-refractivity contribution is 7.98. The lowest BCUT2D eigenvalue weighted by Crippen LogP contribution is -2.28. The van der Waals surface area contributed by atoms with Crippen LogP contribution in [0.25, 0.3) is 10.9 Å². The zero-order valence-corrected chi connectivity index (χ0v) is 15.5. The SMILES string of the molecule is COC[C@H](C)n1c(SCc2ccccc2C#N)nc2ccccc2c1=O. The number of nitrogens with zero attached hydrogens (tertiary/aromatic N) is 3. The van der Waals surface area contributed by atoms with Crippen molar-refractivity contribution >= 4 is 22.7 Å². The summed E-state index contributed by atoms with van der Waals surface area (Å²) >= 11 is 1.46. The van der Waals surface area contributed by atoms with Gasteiger partial charge >= 0.3 is 0 Å². The van der Waals surface area contributed by atoms with E-state index in [0.717, 1.165) is 5.56 Å². The van der Waals surface area contributed by atoms with Crippen molar-refractivity contribution in [2.24, 2.45) is 0 Å². The maximum absolute atomic E-state index is 13.0. The Kier molecular flexibility index (Phi) is 5.71. The maximum Gasteiger partial charge on any atom is 0.262 e. The van der Waals surface area contributed by atoms with Crippen LogP contribution >= 0.6 is 11.8 Å². The molecule has 0 radical (unpaired) electrons. The van der Waals surface area contributed by atoms with Crippen LogP contribution in [-0.4, -0.2) is 23.3 Å². The number of para-hydroxylation sites is 1. The highest BCUT2D eigenvalue weighted by atomic mass is 32.2. The van der Waals surface area contributed by atoms with E-state index in [1.165, 1.54) is 11.8 Å². The summed E-state index contributed by atoms with van der Waals surface area (Å²) in [4.78, 5) is 17.7. The Morgan fingerprint density at radius 3 is 2.73 bits per heavy atom. The third-order valence-electron chi connectivity index (χ3n) is 4.12. The third-order valence-corrected chi connectivity index (χ3v) is 5.12. The standard InChI is InChI=1S/C20H19N3O2S/c1-14(12-25-2)23-19(24)17-9-5-6-10-18(17)22-20(23)26-13-16-8-4-3-7-15(16)11-21/h3-10,14H,12-13H2,1-2H3/t14-/m0/s1. The van der Waals surface area contributed by atoms with Crippen molar-refractivity contribution in [1.29, 1.82) is 5.26 Å². The van der Waals surface area contributed by atoms with Crippen molar-refractivity contribution < 1.29 is 4.74 Å². The first-order valence-corrected chi connectivity index (χ1v) is 9.25. The molecule has 0 amide bonds. The molecule has 0 saturated carbocycles. The van der Waals surface area contributed by atoms with Gasteiger partial charge in [-0.05, 0) is 30.7 Å². The van der Waals surface area contributed by atoms with E-state index in [0.29, 0.717) is 34.0 Å². The van der Waals surface area contributed by atoms with E-state index in [4.69, 9.17) is 9.72 Å². The Labute approximate surface area is 156 Å². The molecule has 0 unspecified atom stereocenters. The van der Waals surface area contributed by atoms with E-state index in [1.807, 2.05) is 43.3 Å². The van der Waals surface area contributed by atoms with Gasteiger partial charge in [-0.25, -0.2) is 4.98 Å². The Morgan fingerprint density at radius 1 is 1.23 bits per heavy atom. The zero-order valence-electron chi connectivity index (χ0n) is 14.7. The van der Waals surface area contributed by atoms with Crippen molar-refractivity contribution in [3.63, 3.8) is 0 Å². The molecule has 2 aromatic carbocycles. The number of aromatic nitrogens is 2. The molecule has 1 heterocycles. The van der Waals surface area contributed by atoms with Crippen molar-refractivity contribution in [2.45, 2.75) is 23.9 Å². The second-order valence-corrected chi connectivity index (χ2v) is 6.89. The van der Waals surface area contributed by atoms with Gasteiger partial charge in [-0.1, -0.05) is 42.1 Å². The van der Waals surface area contributed by atoms with Crippen molar-refractivity contribution in [3.8, 4) is 6.07 Å². The molecule has 6 heteroatoms. The quantitative estimate of drug-likeness (QED) is 0.491. The highest BCUT2D eigenvalue weighted by Gasteiger charge is 2.17. The summed E-state index contributed by atoms with van der Waals surface area (Å²) in [5, 5.41) is 10.5. The molecular weight excluding hydrogens is 346 g/mol. The molecule has 0 spiro atoms. The van der Waals surface area contributed by atoms with Gasteiger partial charge in [0.05, 0.1) is 35.2 Å². The monoisotopic (exact) mass is 365 g/mol. The number of methoxy groups -OCH3 is 1. The predicted molar refractivity (Wildman–Crippen MR) is 103 cm³/mol. The second kappa shape index (κ2) is 8.17. The normalized spacial score (nSPS) is 12.0. The van der Waals surface area contributed by atoms with E-state index in [2.05, 4.69) is 6.07 Å². The summed E-state index contributed by atoms with van der Waals surface area (Å²) in [5.41, 5.74) is 2.17. The summed E-state index contributed by atoms with van der Waals surface area (Å²) < 4.78 is 6.93. The molecule has 5 nitrogen and oxygen atoms in total. The van der Waals surface area contributed by atoms with Gasteiger partial charge in [-0.15, -0.1) is 0 Å². The summed E-state index contributed by atoms with van der Waals surface area (Å²) in [5.74, 6) is 0.564. The van der Waals surface area contributed by atoms with Gasteiger partial charge in [-0.3, -0.25) is 9.36 Å². The fraction of sp³-hybridized carbons (Fsp3) is 0.250. The van der Waals surface area contributed by atoms with E-state index >= 15 is 0 Å². The lowest BCUT2D eigenvalue weighted by molar-refractivity contribution is 0.156. The lowest BCUT2D eigenvalue weighted by Gasteiger charge is -2.19. The van der Waals surface area contributed by atoms with Gasteiger partial charge in [0.2, 0.25) is 0 Å². The minimum absolute atomic E-state index is 0.0729. The molecular formula is C20H19N3O2S. The van der Waals surface area contributed by atoms with Gasteiger partial charge in [-0.2, -0.15) is 5.26 Å². The Balaban J connectivity index is 2.04. The molecule has 0 saturated heterocycles. The Morgan fingerprint density at radius 2 is 1.96 bits per heavy atom. The average molecular weight is 365 g/mol. The number of benzene rings is 2. The lowest BCUT2D eigenvalue weighted by atomic mass is 10.1. The molecule has 3 rings (SSSR count). The van der Waals surface area contributed by atoms with Crippen molar-refractivity contribution in [3.05, 3.63) is 70.0 Å². The van der Waals surface area contributed by atoms with Crippen LogP contribution in [0, 0.1) is 11.3 Å². The number of nitriles is 1. The molecule has 1 aromatic heterocycles. The number of ether oxygens (including phenoxy) is 1. The van der Waals surface area contributed by atoms with Crippen molar-refractivity contribution in [2.75, 3.05) is 13.7 Å². The highest BCUT2D eigenvalue weighted by Crippen LogP contribution is 2.25. The minimum Gasteiger partial charge on any atom is -0.383 e. The molecule has 132 valence electrons. The van der Waals surface area contributed by atoms with Gasteiger partial charge in [0.1, 0.15) is 0 Å². The van der Waals surface area contributed by atoms with Crippen LogP contribution < -0.4 is 5.56 Å². The predicted octanol–water partition coefficient (Wildman–Crippen LogP) is 3.77. The van der Waals surface area contributed by atoms with Crippen LogP contribution in [0.4, 0.5) is 0 Å². The van der Waals surface area contributed by atoms with E-state index in [-0.39, 0.29) is 11.6 Å². The first-order valence-electron chi connectivity index (χ1n) is 8.26. The number of fused-ring (bicyclic) bond motifs is 1. The van der Waals surface area contributed by atoms with Crippen LogP contribution in [0.2, 0.25) is 0 Å². The molecule has 1 atom stereocenters. The van der Waals surface area contributed by atoms with Crippen LogP contribution in [0.5, 0.6) is 0 Å². The number of thioether (sulfide) groups is 1. The van der Waals surface area contributed by atoms with E-state index in [9.17, 15) is 10.1 Å². The summed E-state index contributed by atoms with van der Waals surface area (Å²) in [6.07, 6.45) is 0. The van der Waals surface area contributed by atoms with Gasteiger partial charge in [0.25, 0.3) is 5.56 Å². The number of hydrogen-bond donors (Lipinski definition) is 0. The van der Waals surface area contributed by atoms with Gasteiger partial charge in [0, 0.05) is 12.9 Å². The molecule has 3 aromatic rings. The fourth-order valence-corrected chi connectivity index (χ4v) is 3.93. The molecule has 0 aliphatic rings. The van der Waals surface area contributed by atoms with Gasteiger partial charge < -0.3 is 4.74 Å². The molecule has 0 bridgehead atoms. The summed E-state index contributed by atoms with van der Waals surface area (Å²) in [6, 6.07) is 16.9. The summed E-state index contributed by atoms with van der Waals surface area (Å²) in [6.45, 7) is 2.36. The Hall–Kier alpha value is -2.62. The fourth-order valence-electron chi connectivity index (χ4n) is 2.83. The molecule has 0 N–H and O–H groups in total. The number of rotatable bonds is 6. The number of hydrogen-bond acceptors (Lipinski definition) is 5. The first kappa shape index (κ1) is 18.2. The largest absolute Gasteiger partial charge is 0.383 e. The smallest absolute Gasteiger partial charge is 0.262 e. The van der Waals surface area contributed by atoms with E-state index < -0.39 is 0 Å². The second-order valence-electron chi connectivity index (χ2n) is 5.95. The third kappa shape index (κ3) is 3.64. The minimum atomic E-state index is -0.140. The van der Waals surface area contributed by atoms with Crippen LogP contribution in [0.3, 0.4) is 0 Å². The van der Waals surface area contributed by atoms with Crippen LogP contribution in [-0.2, 0) is 10.5 Å². The molecule has 0 aliphatic heterocycles. The van der Waals surface area contributed by atoms with E-state index in [1.54, 1.807) is 23.8 Å². The Bertz CT molecular complexity index is 1020. The van der Waals surface area contributed by atoms with Gasteiger partial charge in [0.15, 0.2) is 5.16 Å². The van der Waals surface area contributed by atoms with Crippen LogP contribution in [0.15, 0.2) is 58.5 Å². The maximum atomic E-state index is 13.0. The molecule has 26 heavy (non-hydrogen) atoms. The van der Waals surface area contributed by atoms with Crippen LogP contribution in [0.1, 0.15) is 24.1 Å². The first-order chi connectivity index (χ1) is 12.7. The average Bonchev–Trinajstić information content (AvgIpc) is 2.66.